The Morgan fingerprint density at radius 3 is 2.87 bits per heavy atom. The Kier molecular flexibility index (Phi) is 2.63. The van der Waals surface area contributed by atoms with Crippen LogP contribution in [0.2, 0.25) is 0 Å². The summed E-state index contributed by atoms with van der Waals surface area (Å²) in [5.74, 6) is -0.230. The van der Waals surface area contributed by atoms with E-state index in [1.807, 2.05) is 25.3 Å². The molecule has 0 unspecified atom stereocenters. The van der Waals surface area contributed by atoms with Crippen molar-refractivity contribution >= 4 is 11.9 Å². The highest BCUT2D eigenvalue weighted by Gasteiger charge is 1.97. The van der Waals surface area contributed by atoms with E-state index < -0.39 is 0 Å². The molecule has 2 nitrogen and oxygen atoms in total. The molecule has 0 saturated heterocycles. The number of benzene rings is 1. The van der Waals surface area contributed by atoms with Crippen molar-refractivity contribution < 1.29 is 4.39 Å². The molecule has 0 aliphatic rings. The zero-order chi connectivity index (χ0) is 10.7. The van der Waals surface area contributed by atoms with Gasteiger partial charge in [0.15, 0.2) is 0 Å². The summed E-state index contributed by atoms with van der Waals surface area (Å²) < 4.78 is 12.8. The monoisotopic (exact) mass is 202 g/mol. The molecule has 0 fully saturated rings. The van der Waals surface area contributed by atoms with Crippen LogP contribution in [0.4, 0.5) is 10.1 Å². The van der Waals surface area contributed by atoms with Crippen molar-refractivity contribution in [2.45, 2.75) is 6.92 Å². The number of aromatic amines is 1. The minimum atomic E-state index is -0.230. The number of hydrogen-bond donors (Lipinski definition) is 1. The van der Waals surface area contributed by atoms with Crippen molar-refractivity contribution in [3.8, 4) is 0 Å². The Labute approximate surface area is 87.5 Å². The van der Waals surface area contributed by atoms with Crippen molar-refractivity contribution in [1.82, 2.24) is 4.98 Å². The third kappa shape index (κ3) is 2.31. The fraction of sp³-hybridized carbons (Fsp3) is 0.0833. The van der Waals surface area contributed by atoms with Gasteiger partial charge in [-0.15, -0.1) is 0 Å². The summed E-state index contributed by atoms with van der Waals surface area (Å²) in [6.45, 7) is 1.84. The first-order chi connectivity index (χ1) is 7.25. The SMILES string of the molecule is Cc1cc(F)ccc1N=Cc1ccc[nH]1. The van der Waals surface area contributed by atoms with Crippen LogP contribution in [0.5, 0.6) is 0 Å². The number of nitrogens with zero attached hydrogens (tertiary/aromatic N) is 1. The average molecular weight is 202 g/mol. The van der Waals surface area contributed by atoms with Gasteiger partial charge in [-0.25, -0.2) is 4.39 Å². The Morgan fingerprint density at radius 1 is 1.33 bits per heavy atom. The molecule has 0 radical (unpaired) electrons. The minimum absolute atomic E-state index is 0.230. The fourth-order valence-electron chi connectivity index (χ4n) is 1.33. The zero-order valence-electron chi connectivity index (χ0n) is 8.37. The van der Waals surface area contributed by atoms with Gasteiger partial charge >= 0.3 is 0 Å². The Bertz CT molecular complexity index is 472. The number of aromatic nitrogens is 1. The lowest BCUT2D eigenvalue weighted by atomic mass is 10.2. The lowest BCUT2D eigenvalue weighted by molar-refractivity contribution is 0.627. The maximum atomic E-state index is 12.8. The Morgan fingerprint density at radius 2 is 2.20 bits per heavy atom. The van der Waals surface area contributed by atoms with Crippen molar-refractivity contribution in [3.63, 3.8) is 0 Å². The third-order valence-electron chi connectivity index (χ3n) is 2.12. The summed E-state index contributed by atoms with van der Waals surface area (Å²) in [6, 6.07) is 8.38. The van der Waals surface area contributed by atoms with E-state index in [-0.39, 0.29) is 5.82 Å². The van der Waals surface area contributed by atoms with Gasteiger partial charge in [0.05, 0.1) is 17.6 Å². The van der Waals surface area contributed by atoms with Crippen molar-refractivity contribution in [2.75, 3.05) is 0 Å². The maximum absolute atomic E-state index is 12.8. The smallest absolute Gasteiger partial charge is 0.123 e. The Balaban J connectivity index is 2.24. The molecule has 0 aliphatic carbocycles. The van der Waals surface area contributed by atoms with E-state index >= 15 is 0 Å². The topological polar surface area (TPSA) is 28.1 Å². The summed E-state index contributed by atoms with van der Waals surface area (Å²) in [5, 5.41) is 0. The number of halogens is 1. The zero-order valence-corrected chi connectivity index (χ0v) is 8.37. The second-order valence-corrected chi connectivity index (χ2v) is 3.31. The van der Waals surface area contributed by atoms with E-state index in [1.54, 1.807) is 12.3 Å². The molecule has 0 amide bonds. The van der Waals surface area contributed by atoms with E-state index in [0.717, 1.165) is 16.9 Å². The van der Waals surface area contributed by atoms with Crippen LogP contribution in [0.1, 0.15) is 11.3 Å². The lowest BCUT2D eigenvalue weighted by Gasteiger charge is -1.98. The second-order valence-electron chi connectivity index (χ2n) is 3.31. The van der Waals surface area contributed by atoms with Crippen molar-refractivity contribution in [3.05, 3.63) is 53.6 Å². The van der Waals surface area contributed by atoms with Gasteiger partial charge in [0.1, 0.15) is 5.82 Å². The summed E-state index contributed by atoms with van der Waals surface area (Å²) in [4.78, 5) is 7.28. The van der Waals surface area contributed by atoms with Gasteiger partial charge < -0.3 is 4.98 Å². The van der Waals surface area contributed by atoms with Crippen LogP contribution < -0.4 is 0 Å². The van der Waals surface area contributed by atoms with E-state index in [0.29, 0.717) is 0 Å². The highest BCUT2D eigenvalue weighted by atomic mass is 19.1. The predicted octanol–water partition coefficient (Wildman–Crippen LogP) is 3.21. The number of rotatable bonds is 2. The summed E-state index contributed by atoms with van der Waals surface area (Å²) >= 11 is 0. The normalized spacial score (nSPS) is 11.1. The molecule has 76 valence electrons. The van der Waals surface area contributed by atoms with Crippen LogP contribution in [-0.2, 0) is 0 Å². The molecular weight excluding hydrogens is 191 g/mol. The molecule has 0 aliphatic heterocycles. The Hall–Kier alpha value is -1.90. The van der Waals surface area contributed by atoms with Crippen LogP contribution in [0.15, 0.2) is 41.5 Å². The minimum Gasteiger partial charge on any atom is -0.360 e. The van der Waals surface area contributed by atoms with Crippen molar-refractivity contribution in [2.24, 2.45) is 4.99 Å². The van der Waals surface area contributed by atoms with E-state index in [1.165, 1.54) is 12.1 Å². The molecule has 2 rings (SSSR count). The first-order valence-electron chi connectivity index (χ1n) is 4.69. The molecule has 0 atom stereocenters. The van der Waals surface area contributed by atoms with Crippen LogP contribution in [-0.4, -0.2) is 11.2 Å². The molecule has 0 spiro atoms. The molecule has 3 heteroatoms. The fourth-order valence-corrected chi connectivity index (χ4v) is 1.33. The standard InChI is InChI=1S/C12H11FN2/c1-9-7-10(13)4-5-12(9)15-8-11-3-2-6-14-11/h2-8,14H,1H3. The second kappa shape index (κ2) is 4.09. The molecule has 0 bridgehead atoms. The number of H-pyrrole nitrogens is 1. The summed E-state index contributed by atoms with van der Waals surface area (Å²) in [6.07, 6.45) is 3.55. The highest BCUT2D eigenvalue weighted by molar-refractivity contribution is 5.80. The summed E-state index contributed by atoms with van der Waals surface area (Å²) in [5.41, 5.74) is 2.54. The quantitative estimate of drug-likeness (QED) is 0.724. The largest absolute Gasteiger partial charge is 0.360 e. The van der Waals surface area contributed by atoms with Crippen LogP contribution >= 0.6 is 0 Å². The van der Waals surface area contributed by atoms with E-state index in [4.69, 9.17) is 0 Å². The molecule has 0 saturated carbocycles. The number of nitrogens with one attached hydrogen (secondary N) is 1. The lowest BCUT2D eigenvalue weighted by Crippen LogP contribution is -1.81. The van der Waals surface area contributed by atoms with Crippen LogP contribution in [0.3, 0.4) is 0 Å². The summed E-state index contributed by atoms with van der Waals surface area (Å²) in [7, 11) is 0. The predicted molar refractivity (Wildman–Crippen MR) is 59.2 cm³/mol. The third-order valence-corrected chi connectivity index (χ3v) is 2.12. The van der Waals surface area contributed by atoms with E-state index in [2.05, 4.69) is 9.98 Å². The molecule has 1 aromatic carbocycles. The number of aryl methyl sites for hydroxylation is 1. The van der Waals surface area contributed by atoms with Gasteiger partial charge in [0.2, 0.25) is 0 Å². The molecule has 2 aromatic rings. The molecule has 1 N–H and O–H groups in total. The van der Waals surface area contributed by atoms with Gasteiger partial charge in [-0.3, -0.25) is 4.99 Å². The van der Waals surface area contributed by atoms with Gasteiger partial charge in [-0.2, -0.15) is 0 Å². The number of aliphatic imine (C=N–C) groups is 1. The van der Waals surface area contributed by atoms with Gasteiger partial charge in [0.25, 0.3) is 0 Å². The average Bonchev–Trinajstić information content (AvgIpc) is 2.69. The first kappa shape index (κ1) is 9.65. The highest BCUT2D eigenvalue weighted by Crippen LogP contribution is 2.18. The van der Waals surface area contributed by atoms with Crippen molar-refractivity contribution in [1.29, 1.82) is 0 Å². The van der Waals surface area contributed by atoms with Gasteiger partial charge in [-0.05, 0) is 42.8 Å². The maximum Gasteiger partial charge on any atom is 0.123 e. The molecular formula is C12H11FN2. The number of hydrogen-bond acceptors (Lipinski definition) is 1. The van der Waals surface area contributed by atoms with Gasteiger partial charge in [0, 0.05) is 6.20 Å². The van der Waals surface area contributed by atoms with Crippen LogP contribution in [0, 0.1) is 12.7 Å². The first-order valence-corrected chi connectivity index (χ1v) is 4.69. The van der Waals surface area contributed by atoms with Crippen LogP contribution in [0.25, 0.3) is 0 Å². The van der Waals surface area contributed by atoms with Gasteiger partial charge in [-0.1, -0.05) is 0 Å². The molecule has 1 heterocycles. The van der Waals surface area contributed by atoms with E-state index in [9.17, 15) is 4.39 Å². The molecule has 15 heavy (non-hydrogen) atoms. The molecule has 1 aromatic heterocycles.